The predicted octanol–water partition coefficient (Wildman–Crippen LogP) is 2.55. The Kier molecular flexibility index (Phi) is 7.05. The van der Waals surface area contributed by atoms with Crippen LogP contribution in [0.3, 0.4) is 0 Å². The molecule has 1 aliphatic heterocycles. The van der Waals surface area contributed by atoms with Gasteiger partial charge in [-0.1, -0.05) is 15.9 Å². The minimum atomic E-state index is -1.03. The van der Waals surface area contributed by atoms with E-state index in [9.17, 15) is 9.00 Å². The average molecular weight is 387 g/mol. The molecule has 1 amide bonds. The van der Waals surface area contributed by atoms with Crippen molar-refractivity contribution in [1.82, 2.24) is 10.2 Å². The van der Waals surface area contributed by atoms with Crippen LogP contribution in [0.5, 0.6) is 0 Å². The molecule has 1 aromatic carbocycles. The zero-order chi connectivity index (χ0) is 15.9. The van der Waals surface area contributed by atoms with E-state index in [2.05, 4.69) is 21.2 Å². The molecule has 1 fully saturated rings. The van der Waals surface area contributed by atoms with Gasteiger partial charge in [-0.2, -0.15) is 0 Å². The largest absolute Gasteiger partial charge is 0.338 e. The molecule has 2 unspecified atom stereocenters. The van der Waals surface area contributed by atoms with Crippen molar-refractivity contribution >= 4 is 32.6 Å². The van der Waals surface area contributed by atoms with Crippen molar-refractivity contribution in [2.24, 2.45) is 0 Å². The molecule has 1 heterocycles. The Morgan fingerprint density at radius 1 is 1.41 bits per heavy atom. The van der Waals surface area contributed by atoms with Gasteiger partial charge in [-0.15, -0.1) is 0 Å². The molecule has 2 atom stereocenters. The van der Waals surface area contributed by atoms with Crippen molar-refractivity contribution in [3.05, 3.63) is 28.7 Å². The second-order valence-corrected chi connectivity index (χ2v) is 8.03. The summed E-state index contributed by atoms with van der Waals surface area (Å²) in [7, 11) is 0.893. The third kappa shape index (κ3) is 4.89. The van der Waals surface area contributed by atoms with Gasteiger partial charge >= 0.3 is 0 Å². The Hall–Kier alpha value is -0.720. The summed E-state index contributed by atoms with van der Waals surface area (Å²) in [6, 6.07) is 7.85. The average Bonchev–Trinajstić information content (AvgIpc) is 2.96. The number of likely N-dealkylation sites (N-methyl/N-ethyl adjacent to an activating group) is 1. The molecule has 22 heavy (non-hydrogen) atoms. The summed E-state index contributed by atoms with van der Waals surface area (Å²) in [5.41, 5.74) is 0. The van der Waals surface area contributed by atoms with Crippen molar-refractivity contribution in [3.63, 3.8) is 0 Å². The zero-order valence-corrected chi connectivity index (χ0v) is 15.3. The van der Waals surface area contributed by atoms with Crippen molar-refractivity contribution in [1.29, 1.82) is 0 Å². The van der Waals surface area contributed by atoms with E-state index in [0.29, 0.717) is 24.6 Å². The van der Waals surface area contributed by atoms with Crippen molar-refractivity contribution < 1.29 is 9.00 Å². The molecule has 0 bridgehead atoms. The molecular weight excluding hydrogens is 364 g/mol. The number of nitrogens with one attached hydrogen (secondary N) is 1. The summed E-state index contributed by atoms with van der Waals surface area (Å²) in [6.45, 7) is 1.72. The first kappa shape index (κ1) is 17.6. The molecule has 1 N–H and O–H groups in total. The molecule has 0 radical (unpaired) electrons. The summed E-state index contributed by atoms with van der Waals surface area (Å²) in [4.78, 5) is 15.1. The normalized spacial score (nSPS) is 19.4. The Morgan fingerprint density at radius 2 is 2.14 bits per heavy atom. The number of nitrogens with zero attached hydrogens (tertiary/aromatic N) is 1. The minimum absolute atomic E-state index is 0.200. The summed E-state index contributed by atoms with van der Waals surface area (Å²) in [5.74, 6) is 0.739. The van der Waals surface area contributed by atoms with Crippen LogP contribution in [0, 0.1) is 0 Å². The maximum Gasteiger partial charge on any atom is 0.222 e. The Bertz CT molecular complexity index is 521. The predicted molar refractivity (Wildman–Crippen MR) is 93.3 cm³/mol. The Balaban J connectivity index is 1.77. The maximum atomic E-state index is 12.3. The lowest BCUT2D eigenvalue weighted by molar-refractivity contribution is -0.131. The second kappa shape index (κ2) is 8.79. The summed E-state index contributed by atoms with van der Waals surface area (Å²) in [5, 5.41) is 3.15. The highest BCUT2D eigenvalue weighted by Gasteiger charge is 2.27. The molecule has 2 rings (SSSR count). The fourth-order valence-electron chi connectivity index (χ4n) is 2.81. The number of benzene rings is 1. The van der Waals surface area contributed by atoms with E-state index in [1.165, 1.54) is 0 Å². The molecule has 1 saturated heterocycles. The second-order valence-electron chi connectivity index (χ2n) is 5.55. The number of hydrogen-bond acceptors (Lipinski definition) is 3. The summed E-state index contributed by atoms with van der Waals surface area (Å²) in [6.07, 6.45) is 3.33. The lowest BCUT2D eigenvalue weighted by Gasteiger charge is -2.24. The Morgan fingerprint density at radius 3 is 2.82 bits per heavy atom. The van der Waals surface area contributed by atoms with E-state index in [1.54, 1.807) is 0 Å². The molecule has 0 aliphatic carbocycles. The number of carbonyl (C=O) groups excluding carboxylic acids is 1. The zero-order valence-electron chi connectivity index (χ0n) is 12.9. The van der Waals surface area contributed by atoms with Gasteiger partial charge in [0.15, 0.2) is 0 Å². The highest BCUT2D eigenvalue weighted by molar-refractivity contribution is 9.10. The van der Waals surface area contributed by atoms with Crippen LogP contribution in [0.4, 0.5) is 0 Å². The van der Waals surface area contributed by atoms with Crippen LogP contribution in [-0.4, -0.2) is 46.9 Å². The Labute approximate surface area is 143 Å². The number of likely N-dealkylation sites (tertiary alicyclic amines) is 1. The minimum Gasteiger partial charge on any atom is -0.338 e. The van der Waals surface area contributed by atoms with Gasteiger partial charge in [0.05, 0.1) is 10.8 Å². The van der Waals surface area contributed by atoms with Crippen LogP contribution in [0.25, 0.3) is 0 Å². The molecule has 4 nitrogen and oxygen atoms in total. The standard InChI is InChI=1S/C16H23BrN2O2S/c1-18-12-14-4-2-10-19(14)16(20)5-3-11-22(21)15-8-6-13(17)7-9-15/h6-9,14,18H,2-5,10-12H2,1H3. The molecular formula is C16H23BrN2O2S. The third-order valence-corrected chi connectivity index (χ3v) is 5.92. The lowest BCUT2D eigenvalue weighted by Crippen LogP contribution is -2.40. The fraction of sp³-hybridized carbons (Fsp3) is 0.562. The monoisotopic (exact) mass is 386 g/mol. The van der Waals surface area contributed by atoms with Crippen LogP contribution in [0.2, 0.25) is 0 Å². The van der Waals surface area contributed by atoms with Gasteiger partial charge in [0.1, 0.15) is 0 Å². The SMILES string of the molecule is CNCC1CCCN1C(=O)CCCS(=O)c1ccc(Br)cc1. The summed E-state index contributed by atoms with van der Waals surface area (Å²) < 4.78 is 13.2. The highest BCUT2D eigenvalue weighted by atomic mass is 79.9. The van der Waals surface area contributed by atoms with Gasteiger partial charge in [0.25, 0.3) is 0 Å². The van der Waals surface area contributed by atoms with E-state index < -0.39 is 10.8 Å². The van der Waals surface area contributed by atoms with Crippen LogP contribution in [0.1, 0.15) is 25.7 Å². The van der Waals surface area contributed by atoms with Crippen molar-refractivity contribution in [3.8, 4) is 0 Å². The number of hydrogen-bond donors (Lipinski definition) is 1. The molecule has 0 saturated carbocycles. The summed E-state index contributed by atoms with van der Waals surface area (Å²) >= 11 is 3.37. The molecule has 122 valence electrons. The molecule has 1 aliphatic rings. The number of rotatable bonds is 7. The van der Waals surface area contributed by atoms with E-state index in [4.69, 9.17) is 0 Å². The van der Waals surface area contributed by atoms with Gasteiger partial charge in [-0.25, -0.2) is 0 Å². The molecule has 0 spiro atoms. The first-order valence-electron chi connectivity index (χ1n) is 7.70. The van der Waals surface area contributed by atoms with Gasteiger partial charge in [0, 0.05) is 40.7 Å². The van der Waals surface area contributed by atoms with E-state index in [-0.39, 0.29) is 5.91 Å². The first-order chi connectivity index (χ1) is 10.6. The van der Waals surface area contributed by atoms with Crippen molar-refractivity contribution in [2.75, 3.05) is 25.9 Å². The number of halogens is 1. The smallest absolute Gasteiger partial charge is 0.222 e. The van der Waals surface area contributed by atoms with Gasteiger partial charge < -0.3 is 10.2 Å². The maximum absolute atomic E-state index is 12.3. The van der Waals surface area contributed by atoms with Gasteiger partial charge in [-0.05, 0) is 50.6 Å². The van der Waals surface area contributed by atoms with E-state index in [0.717, 1.165) is 35.3 Å². The van der Waals surface area contributed by atoms with Crippen molar-refractivity contribution in [2.45, 2.75) is 36.6 Å². The molecule has 0 aromatic heterocycles. The number of carbonyl (C=O) groups is 1. The third-order valence-electron chi connectivity index (χ3n) is 3.93. The molecule has 6 heteroatoms. The highest BCUT2D eigenvalue weighted by Crippen LogP contribution is 2.19. The number of amides is 1. The van der Waals surface area contributed by atoms with Crippen LogP contribution < -0.4 is 5.32 Å². The van der Waals surface area contributed by atoms with E-state index >= 15 is 0 Å². The van der Waals surface area contributed by atoms with Crippen LogP contribution >= 0.6 is 15.9 Å². The lowest BCUT2D eigenvalue weighted by atomic mass is 10.2. The van der Waals surface area contributed by atoms with Crippen LogP contribution in [-0.2, 0) is 15.6 Å². The quantitative estimate of drug-likeness (QED) is 0.783. The van der Waals surface area contributed by atoms with Gasteiger partial charge in [-0.3, -0.25) is 9.00 Å². The first-order valence-corrected chi connectivity index (χ1v) is 9.81. The topological polar surface area (TPSA) is 49.4 Å². The van der Waals surface area contributed by atoms with E-state index in [1.807, 2.05) is 36.2 Å². The van der Waals surface area contributed by atoms with Crippen LogP contribution in [0.15, 0.2) is 33.6 Å². The molecule has 1 aromatic rings. The fourth-order valence-corrected chi connectivity index (χ4v) is 4.16. The van der Waals surface area contributed by atoms with Gasteiger partial charge in [0.2, 0.25) is 5.91 Å².